The highest BCUT2D eigenvalue weighted by Crippen LogP contribution is 2.07. The van der Waals surface area contributed by atoms with Gasteiger partial charge in [0.25, 0.3) is 0 Å². The number of aromatic nitrogens is 2. The van der Waals surface area contributed by atoms with Crippen LogP contribution in [0.25, 0.3) is 0 Å². The number of imidazole rings is 1. The van der Waals surface area contributed by atoms with E-state index in [4.69, 9.17) is 4.74 Å². The SMILES string of the molecule is CCCn1ccnc1CNC(C)(C)C(=O)OC. The van der Waals surface area contributed by atoms with Crippen LogP contribution < -0.4 is 5.32 Å². The van der Waals surface area contributed by atoms with E-state index in [1.807, 2.05) is 6.20 Å². The quantitative estimate of drug-likeness (QED) is 0.761. The minimum atomic E-state index is -0.697. The standard InChI is InChI=1S/C12H21N3O2/c1-5-7-15-8-6-13-10(15)9-14-12(2,3)11(16)17-4/h6,8,14H,5,7,9H2,1-4H3. The highest BCUT2D eigenvalue weighted by Gasteiger charge is 2.28. The van der Waals surface area contributed by atoms with Gasteiger partial charge in [-0.2, -0.15) is 0 Å². The van der Waals surface area contributed by atoms with Crippen LogP contribution in [0.1, 0.15) is 33.0 Å². The second-order valence-electron chi connectivity index (χ2n) is 4.51. The van der Waals surface area contributed by atoms with E-state index in [0.717, 1.165) is 18.8 Å². The van der Waals surface area contributed by atoms with Gasteiger partial charge in [0.05, 0.1) is 13.7 Å². The van der Waals surface area contributed by atoms with Crippen LogP contribution >= 0.6 is 0 Å². The van der Waals surface area contributed by atoms with Crippen molar-refractivity contribution in [3.63, 3.8) is 0 Å². The van der Waals surface area contributed by atoms with Crippen LogP contribution in [0, 0.1) is 0 Å². The van der Waals surface area contributed by atoms with Gasteiger partial charge in [0.1, 0.15) is 11.4 Å². The number of methoxy groups -OCH3 is 1. The Labute approximate surface area is 102 Å². The summed E-state index contributed by atoms with van der Waals surface area (Å²) in [6, 6.07) is 0. The molecule has 0 fully saturated rings. The number of carbonyl (C=O) groups excluding carboxylic acids is 1. The summed E-state index contributed by atoms with van der Waals surface area (Å²) in [5.74, 6) is 0.662. The van der Waals surface area contributed by atoms with Gasteiger partial charge in [-0.3, -0.25) is 10.1 Å². The van der Waals surface area contributed by atoms with Gasteiger partial charge >= 0.3 is 5.97 Å². The van der Waals surface area contributed by atoms with Crippen molar-refractivity contribution >= 4 is 5.97 Å². The zero-order valence-electron chi connectivity index (χ0n) is 11.0. The fourth-order valence-corrected chi connectivity index (χ4v) is 1.58. The van der Waals surface area contributed by atoms with Gasteiger partial charge in [-0.15, -0.1) is 0 Å². The highest BCUT2D eigenvalue weighted by atomic mass is 16.5. The van der Waals surface area contributed by atoms with Crippen molar-refractivity contribution in [3.05, 3.63) is 18.2 Å². The molecule has 0 aliphatic carbocycles. The van der Waals surface area contributed by atoms with Gasteiger partial charge in [-0.1, -0.05) is 6.92 Å². The predicted octanol–water partition coefficient (Wildman–Crippen LogP) is 1.33. The molecule has 0 radical (unpaired) electrons. The van der Waals surface area contributed by atoms with Gasteiger partial charge in [0.2, 0.25) is 0 Å². The number of nitrogens with one attached hydrogen (secondary N) is 1. The second kappa shape index (κ2) is 5.82. The third-order valence-electron chi connectivity index (χ3n) is 2.65. The van der Waals surface area contributed by atoms with Crippen molar-refractivity contribution in [2.24, 2.45) is 0 Å². The summed E-state index contributed by atoms with van der Waals surface area (Å²) in [7, 11) is 1.39. The van der Waals surface area contributed by atoms with Crippen molar-refractivity contribution in [3.8, 4) is 0 Å². The van der Waals surface area contributed by atoms with E-state index in [9.17, 15) is 4.79 Å². The number of rotatable bonds is 6. The number of esters is 1. The molecular formula is C12H21N3O2. The third-order valence-corrected chi connectivity index (χ3v) is 2.65. The van der Waals surface area contributed by atoms with E-state index < -0.39 is 5.54 Å². The minimum absolute atomic E-state index is 0.272. The minimum Gasteiger partial charge on any atom is -0.468 e. The first kappa shape index (κ1) is 13.7. The number of hydrogen-bond acceptors (Lipinski definition) is 4. The summed E-state index contributed by atoms with van der Waals surface area (Å²) in [5, 5.41) is 3.15. The molecule has 5 heteroatoms. The van der Waals surface area contributed by atoms with E-state index in [2.05, 4.69) is 21.8 Å². The molecule has 17 heavy (non-hydrogen) atoms. The Balaban J connectivity index is 2.60. The molecule has 0 saturated carbocycles. The smallest absolute Gasteiger partial charge is 0.325 e. The van der Waals surface area contributed by atoms with Crippen molar-refractivity contribution in [2.45, 2.75) is 45.8 Å². The molecule has 1 heterocycles. The lowest BCUT2D eigenvalue weighted by molar-refractivity contribution is -0.147. The van der Waals surface area contributed by atoms with E-state index in [1.54, 1.807) is 20.0 Å². The molecule has 1 N–H and O–H groups in total. The number of aryl methyl sites for hydroxylation is 1. The number of carbonyl (C=O) groups is 1. The average Bonchev–Trinajstić information content (AvgIpc) is 2.73. The van der Waals surface area contributed by atoms with Crippen LogP contribution in [0.5, 0.6) is 0 Å². The maximum absolute atomic E-state index is 11.5. The molecule has 0 aliphatic rings. The van der Waals surface area contributed by atoms with E-state index >= 15 is 0 Å². The lowest BCUT2D eigenvalue weighted by Crippen LogP contribution is -2.47. The Morgan fingerprint density at radius 1 is 1.59 bits per heavy atom. The van der Waals surface area contributed by atoms with E-state index in [-0.39, 0.29) is 5.97 Å². The lowest BCUT2D eigenvalue weighted by Gasteiger charge is -2.23. The number of nitrogens with zero attached hydrogens (tertiary/aromatic N) is 2. The Kier molecular flexibility index (Phi) is 4.69. The van der Waals surface area contributed by atoms with Crippen LogP contribution in [0.4, 0.5) is 0 Å². The fraction of sp³-hybridized carbons (Fsp3) is 0.667. The molecule has 96 valence electrons. The zero-order chi connectivity index (χ0) is 12.9. The maximum atomic E-state index is 11.5. The van der Waals surface area contributed by atoms with E-state index in [0.29, 0.717) is 6.54 Å². The van der Waals surface area contributed by atoms with Gasteiger partial charge in [-0.25, -0.2) is 4.98 Å². The lowest BCUT2D eigenvalue weighted by atomic mass is 10.1. The van der Waals surface area contributed by atoms with Gasteiger partial charge in [-0.05, 0) is 20.3 Å². The molecule has 1 rings (SSSR count). The monoisotopic (exact) mass is 239 g/mol. The summed E-state index contributed by atoms with van der Waals surface area (Å²) in [6.07, 6.45) is 4.78. The molecule has 1 aromatic heterocycles. The van der Waals surface area contributed by atoms with Crippen molar-refractivity contribution in [2.75, 3.05) is 7.11 Å². The molecule has 0 aromatic carbocycles. The number of ether oxygens (including phenoxy) is 1. The van der Waals surface area contributed by atoms with Gasteiger partial charge in [0, 0.05) is 18.9 Å². The van der Waals surface area contributed by atoms with Crippen LogP contribution in [-0.4, -0.2) is 28.2 Å². The van der Waals surface area contributed by atoms with Crippen LogP contribution in [-0.2, 0) is 22.6 Å². The predicted molar refractivity (Wildman–Crippen MR) is 65.5 cm³/mol. The Hall–Kier alpha value is -1.36. The topological polar surface area (TPSA) is 56.2 Å². The van der Waals surface area contributed by atoms with Crippen LogP contribution in [0.2, 0.25) is 0 Å². The molecule has 0 amide bonds. The van der Waals surface area contributed by atoms with Crippen molar-refractivity contribution in [1.29, 1.82) is 0 Å². The Morgan fingerprint density at radius 2 is 2.29 bits per heavy atom. The first-order chi connectivity index (χ1) is 8.01. The van der Waals surface area contributed by atoms with Gasteiger partial charge < -0.3 is 9.30 Å². The summed E-state index contributed by atoms with van der Waals surface area (Å²) in [4.78, 5) is 15.8. The molecule has 0 spiro atoms. The molecule has 1 aromatic rings. The van der Waals surface area contributed by atoms with Crippen LogP contribution in [0.3, 0.4) is 0 Å². The zero-order valence-corrected chi connectivity index (χ0v) is 11.0. The molecule has 0 unspecified atom stereocenters. The average molecular weight is 239 g/mol. The first-order valence-corrected chi connectivity index (χ1v) is 5.84. The molecule has 0 atom stereocenters. The highest BCUT2D eigenvalue weighted by molar-refractivity contribution is 5.79. The maximum Gasteiger partial charge on any atom is 0.325 e. The number of hydrogen-bond donors (Lipinski definition) is 1. The molecule has 5 nitrogen and oxygen atoms in total. The largest absolute Gasteiger partial charge is 0.468 e. The summed E-state index contributed by atoms with van der Waals surface area (Å²) < 4.78 is 6.82. The second-order valence-corrected chi connectivity index (χ2v) is 4.51. The normalized spacial score (nSPS) is 11.5. The van der Waals surface area contributed by atoms with Crippen LogP contribution in [0.15, 0.2) is 12.4 Å². The third kappa shape index (κ3) is 3.56. The fourth-order valence-electron chi connectivity index (χ4n) is 1.58. The Morgan fingerprint density at radius 3 is 2.88 bits per heavy atom. The van der Waals surface area contributed by atoms with Gasteiger partial charge in [0.15, 0.2) is 0 Å². The van der Waals surface area contributed by atoms with Crippen molar-refractivity contribution < 1.29 is 9.53 Å². The first-order valence-electron chi connectivity index (χ1n) is 5.84. The summed E-state index contributed by atoms with van der Waals surface area (Å²) >= 11 is 0. The molecule has 0 bridgehead atoms. The molecule has 0 saturated heterocycles. The molecular weight excluding hydrogens is 218 g/mol. The van der Waals surface area contributed by atoms with E-state index in [1.165, 1.54) is 7.11 Å². The Bertz CT molecular complexity index is 372. The summed E-state index contributed by atoms with van der Waals surface area (Å²) in [5.41, 5.74) is -0.697. The summed E-state index contributed by atoms with van der Waals surface area (Å²) in [6.45, 7) is 7.21. The van der Waals surface area contributed by atoms with Crippen molar-refractivity contribution in [1.82, 2.24) is 14.9 Å². The molecule has 0 aliphatic heterocycles.